The van der Waals surface area contributed by atoms with Gasteiger partial charge in [-0.3, -0.25) is 0 Å². The summed E-state index contributed by atoms with van der Waals surface area (Å²) in [6.45, 7) is 6.74. The van der Waals surface area contributed by atoms with Crippen LogP contribution in [0.4, 0.5) is 18.9 Å². The standard InChI is InChI=1S/C19H23F3N4OS/c1-5-26(4)12-24-15-10-14(3)16(11-13(15)2)27-17-6-8-23-18(25-17)28-9-7-19(20,21)22/h6,8,10-12H,5,7,9H2,1-4H3/b24-12+. The van der Waals surface area contributed by atoms with E-state index in [1.165, 1.54) is 6.20 Å². The van der Waals surface area contributed by atoms with Gasteiger partial charge in [0.05, 0.1) is 18.4 Å². The molecule has 0 spiro atoms. The Morgan fingerprint density at radius 3 is 2.68 bits per heavy atom. The van der Waals surface area contributed by atoms with Crippen molar-refractivity contribution in [1.29, 1.82) is 0 Å². The van der Waals surface area contributed by atoms with Crippen molar-refractivity contribution < 1.29 is 17.9 Å². The van der Waals surface area contributed by atoms with Gasteiger partial charge < -0.3 is 9.64 Å². The molecule has 0 unspecified atom stereocenters. The molecule has 1 aromatic heterocycles. The second kappa shape index (κ2) is 9.77. The summed E-state index contributed by atoms with van der Waals surface area (Å²) in [6, 6.07) is 5.36. The van der Waals surface area contributed by atoms with Crippen LogP contribution in [0.25, 0.3) is 0 Å². The summed E-state index contributed by atoms with van der Waals surface area (Å²) >= 11 is 0.947. The van der Waals surface area contributed by atoms with E-state index < -0.39 is 12.6 Å². The van der Waals surface area contributed by atoms with Gasteiger partial charge in [-0.05, 0) is 44.0 Å². The summed E-state index contributed by atoms with van der Waals surface area (Å²) in [5.74, 6) is 0.767. The largest absolute Gasteiger partial charge is 0.439 e. The second-order valence-electron chi connectivity index (χ2n) is 6.22. The van der Waals surface area contributed by atoms with Gasteiger partial charge in [0.2, 0.25) is 5.88 Å². The third-order valence-corrected chi connectivity index (χ3v) is 4.69. The molecule has 0 bridgehead atoms. The molecule has 28 heavy (non-hydrogen) atoms. The maximum atomic E-state index is 12.3. The Morgan fingerprint density at radius 2 is 2.00 bits per heavy atom. The number of hydrogen-bond donors (Lipinski definition) is 0. The molecule has 0 atom stereocenters. The molecule has 2 rings (SSSR count). The number of halogens is 3. The van der Waals surface area contributed by atoms with E-state index in [1.807, 2.05) is 44.9 Å². The monoisotopic (exact) mass is 412 g/mol. The van der Waals surface area contributed by atoms with Crippen LogP contribution in [0.3, 0.4) is 0 Å². The minimum Gasteiger partial charge on any atom is -0.439 e. The third-order valence-electron chi connectivity index (χ3n) is 3.83. The van der Waals surface area contributed by atoms with Crippen molar-refractivity contribution in [2.24, 2.45) is 4.99 Å². The highest BCUT2D eigenvalue weighted by Gasteiger charge is 2.26. The van der Waals surface area contributed by atoms with Gasteiger partial charge >= 0.3 is 6.18 Å². The van der Waals surface area contributed by atoms with Crippen LogP contribution in [0.15, 0.2) is 34.5 Å². The van der Waals surface area contributed by atoms with Gasteiger partial charge in [0, 0.05) is 31.6 Å². The highest BCUT2D eigenvalue weighted by molar-refractivity contribution is 7.99. The molecule has 0 saturated carbocycles. The zero-order valence-electron chi connectivity index (χ0n) is 16.2. The molecule has 0 aliphatic heterocycles. The van der Waals surface area contributed by atoms with Crippen molar-refractivity contribution in [2.75, 3.05) is 19.3 Å². The maximum absolute atomic E-state index is 12.3. The van der Waals surface area contributed by atoms with Crippen LogP contribution >= 0.6 is 11.8 Å². The van der Waals surface area contributed by atoms with Crippen LogP contribution in [-0.4, -0.2) is 46.7 Å². The van der Waals surface area contributed by atoms with E-state index in [0.717, 1.165) is 35.1 Å². The van der Waals surface area contributed by atoms with Crippen LogP contribution in [0, 0.1) is 13.8 Å². The topological polar surface area (TPSA) is 50.6 Å². The first-order valence-electron chi connectivity index (χ1n) is 8.74. The van der Waals surface area contributed by atoms with Gasteiger partial charge in [0.25, 0.3) is 0 Å². The van der Waals surface area contributed by atoms with Gasteiger partial charge in [-0.25, -0.2) is 9.98 Å². The number of aryl methyl sites for hydroxylation is 2. The Balaban J connectivity index is 2.10. The molecule has 0 aliphatic carbocycles. The Hall–Kier alpha value is -2.29. The molecular formula is C19H23F3N4OS. The normalized spacial score (nSPS) is 11.8. The molecular weight excluding hydrogens is 389 g/mol. The molecule has 0 amide bonds. The van der Waals surface area contributed by atoms with Crippen LogP contribution < -0.4 is 4.74 Å². The average molecular weight is 412 g/mol. The van der Waals surface area contributed by atoms with E-state index in [4.69, 9.17) is 4.74 Å². The van der Waals surface area contributed by atoms with Crippen LogP contribution in [0.1, 0.15) is 24.5 Å². The lowest BCUT2D eigenvalue weighted by Gasteiger charge is -2.12. The number of aliphatic imine (C=N–C) groups is 1. The first-order valence-corrected chi connectivity index (χ1v) is 9.72. The summed E-state index contributed by atoms with van der Waals surface area (Å²) < 4.78 is 42.6. The fourth-order valence-corrected chi connectivity index (χ4v) is 2.89. The molecule has 5 nitrogen and oxygen atoms in total. The van der Waals surface area contributed by atoms with Gasteiger partial charge in [-0.1, -0.05) is 11.8 Å². The number of ether oxygens (including phenoxy) is 1. The molecule has 0 N–H and O–H groups in total. The van der Waals surface area contributed by atoms with E-state index in [1.54, 1.807) is 12.4 Å². The molecule has 152 valence electrons. The molecule has 9 heteroatoms. The summed E-state index contributed by atoms with van der Waals surface area (Å²) in [6.07, 6.45) is -1.83. The quantitative estimate of drug-likeness (QED) is 0.247. The summed E-state index contributed by atoms with van der Waals surface area (Å²) in [5.41, 5.74) is 2.66. The highest BCUT2D eigenvalue weighted by atomic mass is 32.2. The summed E-state index contributed by atoms with van der Waals surface area (Å²) in [5, 5.41) is 0.250. The Morgan fingerprint density at radius 1 is 1.25 bits per heavy atom. The van der Waals surface area contributed by atoms with Crippen molar-refractivity contribution >= 4 is 23.8 Å². The fourth-order valence-electron chi connectivity index (χ4n) is 2.09. The van der Waals surface area contributed by atoms with E-state index in [2.05, 4.69) is 15.0 Å². The lowest BCUT2D eigenvalue weighted by atomic mass is 10.1. The molecule has 1 aromatic carbocycles. The molecule has 0 fully saturated rings. The lowest BCUT2D eigenvalue weighted by Crippen LogP contribution is -2.14. The van der Waals surface area contributed by atoms with Crippen LogP contribution in [0.2, 0.25) is 0 Å². The van der Waals surface area contributed by atoms with Crippen LogP contribution in [-0.2, 0) is 0 Å². The minimum absolute atomic E-state index is 0.135. The molecule has 2 aromatic rings. The number of alkyl halides is 3. The minimum atomic E-state index is -4.19. The Kier molecular flexibility index (Phi) is 7.68. The molecule has 0 aliphatic rings. The number of aromatic nitrogens is 2. The van der Waals surface area contributed by atoms with Gasteiger partial charge in [-0.15, -0.1) is 0 Å². The summed E-state index contributed by atoms with van der Waals surface area (Å²) in [4.78, 5) is 14.6. The summed E-state index contributed by atoms with van der Waals surface area (Å²) in [7, 11) is 1.95. The van der Waals surface area contributed by atoms with Crippen molar-refractivity contribution in [2.45, 2.75) is 38.5 Å². The lowest BCUT2D eigenvalue weighted by molar-refractivity contribution is -0.129. The number of benzene rings is 1. The zero-order chi connectivity index (χ0) is 20.7. The SMILES string of the molecule is CCN(C)/C=N/c1cc(C)c(Oc2ccnc(SCCC(F)(F)F)n2)cc1C. The van der Waals surface area contributed by atoms with Crippen LogP contribution in [0.5, 0.6) is 11.6 Å². The van der Waals surface area contributed by atoms with Gasteiger partial charge in [0.1, 0.15) is 5.75 Å². The van der Waals surface area contributed by atoms with E-state index in [9.17, 15) is 13.2 Å². The Labute approximate surface area is 167 Å². The highest BCUT2D eigenvalue weighted by Crippen LogP contribution is 2.31. The van der Waals surface area contributed by atoms with E-state index in [0.29, 0.717) is 5.75 Å². The number of rotatable bonds is 8. The fraction of sp³-hybridized carbons (Fsp3) is 0.421. The first kappa shape index (κ1) is 22.0. The third kappa shape index (κ3) is 7.03. The predicted octanol–water partition coefficient (Wildman–Crippen LogP) is 5.54. The van der Waals surface area contributed by atoms with Crippen molar-refractivity contribution in [3.63, 3.8) is 0 Å². The first-order chi connectivity index (χ1) is 13.2. The maximum Gasteiger partial charge on any atom is 0.389 e. The number of nitrogens with zero attached hydrogens (tertiary/aromatic N) is 4. The average Bonchev–Trinajstić information content (AvgIpc) is 2.62. The molecule has 0 saturated heterocycles. The van der Waals surface area contributed by atoms with Crippen molar-refractivity contribution in [3.05, 3.63) is 35.5 Å². The Bertz CT molecular complexity index is 827. The van der Waals surface area contributed by atoms with Crippen molar-refractivity contribution in [3.8, 4) is 11.6 Å². The van der Waals surface area contributed by atoms with E-state index in [-0.39, 0.29) is 16.8 Å². The van der Waals surface area contributed by atoms with E-state index >= 15 is 0 Å². The number of hydrogen-bond acceptors (Lipinski definition) is 5. The van der Waals surface area contributed by atoms with Crippen molar-refractivity contribution in [1.82, 2.24) is 14.9 Å². The molecule has 1 heterocycles. The van der Waals surface area contributed by atoms with Gasteiger partial charge in [-0.2, -0.15) is 18.2 Å². The predicted molar refractivity (Wildman–Crippen MR) is 106 cm³/mol. The second-order valence-corrected chi connectivity index (χ2v) is 7.28. The smallest absolute Gasteiger partial charge is 0.389 e. The van der Waals surface area contributed by atoms with Gasteiger partial charge in [0.15, 0.2) is 5.16 Å². The number of thioether (sulfide) groups is 1. The zero-order valence-corrected chi connectivity index (χ0v) is 17.1. The molecule has 0 radical (unpaired) electrons.